The Morgan fingerprint density at radius 1 is 1.10 bits per heavy atom. The van der Waals surface area contributed by atoms with Crippen molar-refractivity contribution in [3.63, 3.8) is 0 Å². The summed E-state index contributed by atoms with van der Waals surface area (Å²) in [7, 11) is 0. The predicted molar refractivity (Wildman–Crippen MR) is 85.9 cm³/mol. The summed E-state index contributed by atoms with van der Waals surface area (Å²) in [6.45, 7) is 8.30. The molecule has 3 heteroatoms. The first-order valence-electron chi connectivity index (χ1n) is 7.86. The van der Waals surface area contributed by atoms with Gasteiger partial charge < -0.3 is 10.5 Å². The number of benzene rings is 1. The van der Waals surface area contributed by atoms with Crippen LogP contribution in [-0.2, 0) is 14.9 Å². The Morgan fingerprint density at radius 3 is 2.14 bits per heavy atom. The van der Waals surface area contributed by atoms with Crippen LogP contribution in [0.3, 0.4) is 0 Å². The van der Waals surface area contributed by atoms with Crippen molar-refractivity contribution in [2.45, 2.75) is 58.5 Å². The van der Waals surface area contributed by atoms with Gasteiger partial charge in [0.15, 0.2) is 0 Å². The van der Waals surface area contributed by atoms with Crippen LogP contribution < -0.4 is 5.73 Å². The molecule has 0 saturated heterocycles. The molecule has 0 aromatic heterocycles. The SMILES string of the molecule is CC1CC(C)CC(OC(=O)C(C)(C)c2ccc(N)cc2)C1. The van der Waals surface area contributed by atoms with E-state index in [1.54, 1.807) is 0 Å². The Morgan fingerprint density at radius 2 is 1.62 bits per heavy atom. The molecule has 3 nitrogen and oxygen atoms in total. The highest BCUT2D eigenvalue weighted by Crippen LogP contribution is 2.33. The number of anilines is 1. The van der Waals surface area contributed by atoms with Crippen LogP contribution in [0.4, 0.5) is 5.69 Å². The van der Waals surface area contributed by atoms with Crippen molar-refractivity contribution < 1.29 is 9.53 Å². The zero-order chi connectivity index (χ0) is 15.6. The van der Waals surface area contributed by atoms with E-state index in [0.29, 0.717) is 17.5 Å². The number of ether oxygens (including phenoxy) is 1. The van der Waals surface area contributed by atoms with Gasteiger partial charge in [-0.25, -0.2) is 0 Å². The highest BCUT2D eigenvalue weighted by atomic mass is 16.5. The molecule has 2 N–H and O–H groups in total. The lowest BCUT2D eigenvalue weighted by Crippen LogP contribution is -2.36. The summed E-state index contributed by atoms with van der Waals surface area (Å²) in [5.74, 6) is 1.12. The van der Waals surface area contributed by atoms with Gasteiger partial charge in [0, 0.05) is 5.69 Å². The third-order valence-electron chi connectivity index (χ3n) is 4.55. The molecule has 2 unspecified atom stereocenters. The molecule has 0 amide bonds. The van der Waals surface area contributed by atoms with E-state index in [9.17, 15) is 4.79 Å². The van der Waals surface area contributed by atoms with Gasteiger partial charge in [0.1, 0.15) is 6.10 Å². The molecular formula is C18H27NO2. The number of nitrogens with two attached hydrogens (primary N) is 1. The molecule has 1 fully saturated rings. The Bertz CT molecular complexity index is 482. The summed E-state index contributed by atoms with van der Waals surface area (Å²) >= 11 is 0. The first-order chi connectivity index (χ1) is 9.79. The normalized spacial score (nSPS) is 26.4. The third-order valence-corrected chi connectivity index (χ3v) is 4.55. The Kier molecular flexibility index (Phi) is 4.60. The summed E-state index contributed by atoms with van der Waals surface area (Å²) in [6.07, 6.45) is 3.25. The minimum absolute atomic E-state index is 0.0595. The first kappa shape index (κ1) is 15.9. The van der Waals surface area contributed by atoms with E-state index in [1.165, 1.54) is 6.42 Å². The summed E-state index contributed by atoms with van der Waals surface area (Å²) in [5, 5.41) is 0. The zero-order valence-electron chi connectivity index (χ0n) is 13.6. The maximum absolute atomic E-state index is 12.6. The van der Waals surface area contributed by atoms with Crippen LogP contribution in [0, 0.1) is 11.8 Å². The van der Waals surface area contributed by atoms with E-state index in [0.717, 1.165) is 18.4 Å². The van der Waals surface area contributed by atoms with Gasteiger partial charge in [0.05, 0.1) is 5.41 Å². The fraction of sp³-hybridized carbons (Fsp3) is 0.611. The van der Waals surface area contributed by atoms with E-state index in [-0.39, 0.29) is 12.1 Å². The summed E-state index contributed by atoms with van der Waals surface area (Å²) < 4.78 is 5.81. The van der Waals surface area contributed by atoms with Crippen LogP contribution in [0.15, 0.2) is 24.3 Å². The van der Waals surface area contributed by atoms with Crippen molar-refractivity contribution in [1.82, 2.24) is 0 Å². The number of esters is 1. The zero-order valence-corrected chi connectivity index (χ0v) is 13.6. The van der Waals surface area contributed by atoms with E-state index in [2.05, 4.69) is 13.8 Å². The maximum atomic E-state index is 12.6. The molecule has 0 bridgehead atoms. The molecule has 1 aromatic rings. The van der Waals surface area contributed by atoms with Crippen molar-refractivity contribution in [3.05, 3.63) is 29.8 Å². The number of hydrogen-bond donors (Lipinski definition) is 1. The van der Waals surface area contributed by atoms with Gasteiger partial charge in [-0.1, -0.05) is 26.0 Å². The summed E-state index contributed by atoms with van der Waals surface area (Å²) in [4.78, 5) is 12.6. The van der Waals surface area contributed by atoms with E-state index < -0.39 is 5.41 Å². The largest absolute Gasteiger partial charge is 0.462 e. The average Bonchev–Trinajstić information content (AvgIpc) is 2.37. The van der Waals surface area contributed by atoms with Crippen molar-refractivity contribution >= 4 is 11.7 Å². The lowest BCUT2D eigenvalue weighted by Gasteiger charge is -2.33. The van der Waals surface area contributed by atoms with Crippen LogP contribution >= 0.6 is 0 Å². The molecule has 2 rings (SSSR count). The lowest BCUT2D eigenvalue weighted by atomic mass is 9.81. The number of nitrogen functional groups attached to an aromatic ring is 1. The fourth-order valence-corrected chi connectivity index (χ4v) is 3.29. The smallest absolute Gasteiger partial charge is 0.316 e. The minimum atomic E-state index is -0.641. The van der Waals surface area contributed by atoms with Gasteiger partial charge in [-0.15, -0.1) is 0 Å². The van der Waals surface area contributed by atoms with Crippen LogP contribution in [-0.4, -0.2) is 12.1 Å². The monoisotopic (exact) mass is 289 g/mol. The molecule has 1 aliphatic rings. The summed E-state index contributed by atoms with van der Waals surface area (Å²) in [6, 6.07) is 7.47. The second kappa shape index (κ2) is 6.08. The second-order valence-corrected chi connectivity index (χ2v) is 7.19. The Balaban J connectivity index is 2.06. The highest BCUT2D eigenvalue weighted by molar-refractivity contribution is 5.82. The fourth-order valence-electron chi connectivity index (χ4n) is 3.29. The second-order valence-electron chi connectivity index (χ2n) is 7.19. The number of hydrogen-bond acceptors (Lipinski definition) is 3. The Labute approximate surface area is 127 Å². The molecule has 1 aliphatic carbocycles. The molecule has 0 spiro atoms. The van der Waals surface area contributed by atoms with Crippen molar-refractivity contribution in [3.8, 4) is 0 Å². The number of rotatable bonds is 3. The van der Waals surface area contributed by atoms with Crippen molar-refractivity contribution in [2.75, 3.05) is 5.73 Å². The molecule has 1 aromatic carbocycles. The van der Waals surface area contributed by atoms with Gasteiger partial charge in [0.25, 0.3) is 0 Å². The molecule has 0 radical (unpaired) electrons. The topological polar surface area (TPSA) is 52.3 Å². The van der Waals surface area contributed by atoms with Crippen molar-refractivity contribution in [1.29, 1.82) is 0 Å². The molecule has 1 saturated carbocycles. The number of carbonyl (C=O) groups excluding carboxylic acids is 1. The van der Waals surface area contributed by atoms with E-state index >= 15 is 0 Å². The molecule has 2 atom stereocenters. The maximum Gasteiger partial charge on any atom is 0.316 e. The summed E-state index contributed by atoms with van der Waals surface area (Å²) in [5.41, 5.74) is 6.72. The van der Waals surface area contributed by atoms with Crippen LogP contribution in [0.2, 0.25) is 0 Å². The van der Waals surface area contributed by atoms with Gasteiger partial charge >= 0.3 is 5.97 Å². The quantitative estimate of drug-likeness (QED) is 0.678. The Hall–Kier alpha value is -1.51. The highest BCUT2D eigenvalue weighted by Gasteiger charge is 2.35. The molecule has 0 heterocycles. The molecule has 116 valence electrons. The van der Waals surface area contributed by atoms with E-state index in [4.69, 9.17) is 10.5 Å². The molecule has 21 heavy (non-hydrogen) atoms. The molecule has 0 aliphatic heterocycles. The van der Waals surface area contributed by atoms with Gasteiger partial charge in [0.2, 0.25) is 0 Å². The van der Waals surface area contributed by atoms with Crippen LogP contribution in [0.25, 0.3) is 0 Å². The van der Waals surface area contributed by atoms with Crippen LogP contribution in [0.5, 0.6) is 0 Å². The average molecular weight is 289 g/mol. The van der Waals surface area contributed by atoms with Gasteiger partial charge in [-0.2, -0.15) is 0 Å². The van der Waals surface area contributed by atoms with Gasteiger partial charge in [-0.3, -0.25) is 4.79 Å². The number of carbonyl (C=O) groups is 1. The third kappa shape index (κ3) is 3.78. The van der Waals surface area contributed by atoms with Crippen LogP contribution in [0.1, 0.15) is 52.5 Å². The van der Waals surface area contributed by atoms with Gasteiger partial charge in [-0.05, 0) is 62.6 Å². The lowest BCUT2D eigenvalue weighted by molar-refractivity contribution is -0.158. The van der Waals surface area contributed by atoms with Crippen molar-refractivity contribution in [2.24, 2.45) is 11.8 Å². The first-order valence-corrected chi connectivity index (χ1v) is 7.86. The molecular weight excluding hydrogens is 262 g/mol. The minimum Gasteiger partial charge on any atom is -0.462 e. The van der Waals surface area contributed by atoms with E-state index in [1.807, 2.05) is 38.1 Å². The standard InChI is InChI=1S/C18H27NO2/c1-12-9-13(2)11-16(10-12)21-17(20)18(3,4)14-5-7-15(19)8-6-14/h5-8,12-13,16H,9-11,19H2,1-4H3. The predicted octanol–water partition coefficient (Wildman–Crippen LogP) is 3.91.